The molecule has 10 heteroatoms. The third-order valence-electron chi connectivity index (χ3n) is 4.34. The molecule has 2 unspecified atom stereocenters. The van der Waals surface area contributed by atoms with Gasteiger partial charge in [0, 0.05) is 0 Å². The van der Waals surface area contributed by atoms with Crippen LogP contribution in [0.4, 0.5) is 0 Å². The summed E-state index contributed by atoms with van der Waals surface area (Å²) in [6, 6.07) is 23.9. The highest BCUT2D eigenvalue weighted by atomic mass is 16.5. The van der Waals surface area contributed by atoms with Crippen molar-refractivity contribution in [2.45, 2.75) is 26.1 Å². The summed E-state index contributed by atoms with van der Waals surface area (Å²) >= 11 is 0. The van der Waals surface area contributed by atoms with Crippen molar-refractivity contribution in [3.8, 4) is 11.5 Å². The molecule has 0 spiro atoms. The number of nitrogens with two attached hydrogens (primary N) is 2. The quantitative estimate of drug-likeness (QED) is 0.201. The lowest BCUT2D eigenvalue weighted by atomic mass is 10.1. The lowest BCUT2D eigenvalue weighted by Crippen LogP contribution is -2.29. The Morgan fingerprint density at radius 2 is 1.00 bits per heavy atom. The van der Waals surface area contributed by atoms with Gasteiger partial charge in [0.15, 0.2) is 12.2 Å². The summed E-state index contributed by atoms with van der Waals surface area (Å²) in [6.07, 6.45) is -0.709. The van der Waals surface area contributed by atoms with Gasteiger partial charge in [0.1, 0.15) is 23.2 Å². The maximum absolute atomic E-state index is 10.4. The zero-order chi connectivity index (χ0) is 27.1. The monoisotopic (exact) mass is 494 g/mol. The molecule has 2 atom stereocenters. The summed E-state index contributed by atoms with van der Waals surface area (Å²) in [7, 11) is 0. The second-order valence-corrected chi connectivity index (χ2v) is 7.25. The minimum absolute atomic E-state index is 0.0186. The molecule has 0 bridgehead atoms. The van der Waals surface area contributed by atoms with E-state index < -0.39 is 11.9 Å². The minimum atomic E-state index is -1.13. The van der Waals surface area contributed by atoms with Crippen LogP contribution in [-0.2, 0) is 0 Å². The van der Waals surface area contributed by atoms with Crippen LogP contribution in [0.3, 0.4) is 0 Å². The van der Waals surface area contributed by atoms with Gasteiger partial charge in [-0.05, 0) is 56.3 Å². The second kappa shape index (κ2) is 15.1. The van der Waals surface area contributed by atoms with E-state index in [0.29, 0.717) is 0 Å². The Hall–Kier alpha value is -4.86. The molecule has 0 saturated heterocycles. The molecule has 0 amide bonds. The van der Waals surface area contributed by atoms with Crippen LogP contribution in [0.25, 0.3) is 0 Å². The number of carboxylic acids is 2. The summed E-state index contributed by atoms with van der Waals surface area (Å²) < 4.78 is 10.7. The molecular weight excluding hydrogens is 464 g/mol. The van der Waals surface area contributed by atoms with Crippen LogP contribution in [-0.4, -0.2) is 46.0 Å². The first-order chi connectivity index (χ1) is 17.0. The molecule has 0 aliphatic rings. The zero-order valence-corrected chi connectivity index (χ0v) is 19.9. The number of aromatic carboxylic acids is 2. The SMILES string of the molecule is CC(Oc1ccccc1)C(=N)N.CC(Oc1ccccc1)C(=N)N.O=C(O)c1cccc(C(=O)O)c1. The average molecular weight is 495 g/mol. The molecule has 36 heavy (non-hydrogen) atoms. The Balaban J connectivity index is 0.000000270. The number of nitrogens with one attached hydrogen (secondary N) is 2. The average Bonchev–Trinajstić information content (AvgIpc) is 2.86. The molecule has 0 fully saturated rings. The number of hydrogen-bond acceptors (Lipinski definition) is 6. The molecule has 0 heterocycles. The van der Waals surface area contributed by atoms with Gasteiger partial charge in [-0.1, -0.05) is 42.5 Å². The van der Waals surface area contributed by atoms with Crippen LogP contribution in [0.15, 0.2) is 84.9 Å². The first-order valence-electron chi connectivity index (χ1n) is 10.7. The third kappa shape index (κ3) is 11.3. The molecule has 0 aromatic heterocycles. The second-order valence-electron chi connectivity index (χ2n) is 7.25. The number of amidine groups is 2. The summed E-state index contributed by atoms with van der Waals surface area (Å²) in [6.45, 7) is 3.49. The first-order valence-corrected chi connectivity index (χ1v) is 10.7. The van der Waals surface area contributed by atoms with Crippen molar-refractivity contribution in [1.82, 2.24) is 0 Å². The Kier molecular flexibility index (Phi) is 12.3. The van der Waals surface area contributed by atoms with Gasteiger partial charge in [0.25, 0.3) is 0 Å². The van der Waals surface area contributed by atoms with E-state index in [4.69, 9.17) is 42.0 Å². The highest BCUT2D eigenvalue weighted by Crippen LogP contribution is 2.11. The Morgan fingerprint density at radius 3 is 1.28 bits per heavy atom. The lowest BCUT2D eigenvalue weighted by Gasteiger charge is -2.12. The van der Waals surface area contributed by atoms with Gasteiger partial charge < -0.3 is 31.2 Å². The van der Waals surface area contributed by atoms with E-state index >= 15 is 0 Å². The van der Waals surface area contributed by atoms with E-state index in [1.54, 1.807) is 13.8 Å². The van der Waals surface area contributed by atoms with Crippen molar-refractivity contribution in [3.63, 3.8) is 0 Å². The Morgan fingerprint density at radius 1 is 0.667 bits per heavy atom. The van der Waals surface area contributed by atoms with Crippen molar-refractivity contribution in [1.29, 1.82) is 10.8 Å². The van der Waals surface area contributed by atoms with E-state index in [9.17, 15) is 9.59 Å². The number of rotatable bonds is 8. The van der Waals surface area contributed by atoms with Crippen molar-refractivity contribution in [2.24, 2.45) is 11.5 Å². The van der Waals surface area contributed by atoms with Crippen molar-refractivity contribution in [3.05, 3.63) is 96.1 Å². The Bertz CT molecular complexity index is 1050. The van der Waals surface area contributed by atoms with Gasteiger partial charge in [0.2, 0.25) is 0 Å². The Labute approximate surface area is 209 Å². The number of hydrogen-bond donors (Lipinski definition) is 6. The van der Waals surface area contributed by atoms with E-state index in [-0.39, 0.29) is 35.0 Å². The summed E-state index contributed by atoms with van der Waals surface area (Å²) in [4.78, 5) is 20.8. The van der Waals surface area contributed by atoms with Crippen LogP contribution in [0.1, 0.15) is 34.6 Å². The van der Waals surface area contributed by atoms with Gasteiger partial charge >= 0.3 is 11.9 Å². The van der Waals surface area contributed by atoms with E-state index in [1.165, 1.54) is 18.2 Å². The topological polar surface area (TPSA) is 193 Å². The highest BCUT2D eigenvalue weighted by Gasteiger charge is 2.07. The van der Waals surface area contributed by atoms with E-state index in [2.05, 4.69) is 0 Å². The first kappa shape index (κ1) is 29.2. The van der Waals surface area contributed by atoms with Gasteiger partial charge in [-0.3, -0.25) is 10.8 Å². The van der Waals surface area contributed by atoms with E-state index in [1.807, 2.05) is 60.7 Å². The van der Waals surface area contributed by atoms with Crippen LogP contribution >= 0.6 is 0 Å². The molecule has 0 aliphatic carbocycles. The minimum Gasteiger partial charge on any atom is -0.483 e. The molecule has 0 radical (unpaired) electrons. The van der Waals surface area contributed by atoms with Crippen molar-refractivity contribution < 1.29 is 29.3 Å². The summed E-state index contributed by atoms with van der Waals surface area (Å²) in [5, 5.41) is 31.2. The molecule has 0 aliphatic heterocycles. The molecule has 3 rings (SSSR count). The number of para-hydroxylation sites is 2. The van der Waals surface area contributed by atoms with E-state index in [0.717, 1.165) is 17.6 Å². The van der Waals surface area contributed by atoms with Crippen molar-refractivity contribution in [2.75, 3.05) is 0 Å². The zero-order valence-electron chi connectivity index (χ0n) is 19.9. The van der Waals surface area contributed by atoms with Gasteiger partial charge in [0.05, 0.1) is 11.1 Å². The van der Waals surface area contributed by atoms with Gasteiger partial charge in [-0.2, -0.15) is 0 Å². The fourth-order valence-electron chi connectivity index (χ4n) is 2.32. The van der Waals surface area contributed by atoms with Crippen molar-refractivity contribution >= 4 is 23.6 Å². The molecular formula is C26H30N4O6. The molecule has 0 saturated carbocycles. The molecule has 10 nitrogen and oxygen atoms in total. The predicted octanol–water partition coefficient (Wildman–Crippen LogP) is 3.86. The lowest BCUT2D eigenvalue weighted by molar-refractivity contribution is 0.0696. The summed E-state index contributed by atoms with van der Waals surface area (Å²) in [5.74, 6) is -0.700. The maximum atomic E-state index is 10.4. The largest absolute Gasteiger partial charge is 0.483 e. The van der Waals surface area contributed by atoms with Crippen LogP contribution in [0, 0.1) is 10.8 Å². The predicted molar refractivity (Wildman–Crippen MR) is 137 cm³/mol. The maximum Gasteiger partial charge on any atom is 0.335 e. The highest BCUT2D eigenvalue weighted by molar-refractivity contribution is 5.93. The van der Waals surface area contributed by atoms with Crippen LogP contribution < -0.4 is 20.9 Å². The van der Waals surface area contributed by atoms with Crippen LogP contribution in [0.5, 0.6) is 11.5 Å². The van der Waals surface area contributed by atoms with Gasteiger partial charge in [-0.15, -0.1) is 0 Å². The number of carbonyl (C=O) groups is 2. The standard InChI is InChI=1S/2C9H12N2O.C8H6O4/c2*1-7(9(10)11)12-8-5-3-2-4-6-8;9-7(10)5-2-1-3-6(4-5)8(11)12/h2*2-7H,1H3,(H3,10,11);1-4H,(H,9,10)(H,11,12). The number of benzene rings is 3. The van der Waals surface area contributed by atoms with Crippen LogP contribution in [0.2, 0.25) is 0 Å². The molecule has 3 aromatic carbocycles. The number of ether oxygens (including phenoxy) is 2. The molecule has 8 N–H and O–H groups in total. The molecule has 3 aromatic rings. The number of carboxylic acid groups (broad SMARTS) is 2. The molecule has 190 valence electrons. The fraction of sp³-hybridized carbons (Fsp3) is 0.154. The third-order valence-corrected chi connectivity index (χ3v) is 4.34. The smallest absolute Gasteiger partial charge is 0.335 e. The summed E-state index contributed by atoms with van der Waals surface area (Å²) in [5.41, 5.74) is 10.4. The fourth-order valence-corrected chi connectivity index (χ4v) is 2.32. The normalized spacial score (nSPS) is 11.2. The van der Waals surface area contributed by atoms with Gasteiger partial charge in [-0.25, -0.2) is 9.59 Å².